The van der Waals surface area contributed by atoms with Gasteiger partial charge in [-0.25, -0.2) is 0 Å². The van der Waals surface area contributed by atoms with Gasteiger partial charge in [-0.1, -0.05) is 26.7 Å². The molecule has 0 fully saturated rings. The highest BCUT2D eigenvalue weighted by Gasteiger charge is 2.11. The summed E-state index contributed by atoms with van der Waals surface area (Å²) in [5.74, 6) is 1.13. The fourth-order valence-corrected chi connectivity index (χ4v) is 4.38. The van der Waals surface area contributed by atoms with Crippen molar-refractivity contribution in [3.63, 3.8) is 0 Å². The van der Waals surface area contributed by atoms with Gasteiger partial charge in [0.25, 0.3) is 0 Å². The van der Waals surface area contributed by atoms with Crippen LogP contribution in [0.25, 0.3) is 11.1 Å². The number of aryl methyl sites for hydroxylation is 1. The van der Waals surface area contributed by atoms with Gasteiger partial charge in [0.1, 0.15) is 0 Å². The lowest BCUT2D eigenvalue weighted by Gasteiger charge is -2.14. The predicted molar refractivity (Wildman–Crippen MR) is 115 cm³/mol. The van der Waals surface area contributed by atoms with Crippen molar-refractivity contribution in [2.75, 3.05) is 18.6 Å². The second kappa shape index (κ2) is 11.4. The normalized spacial score (nSPS) is 12.1. The van der Waals surface area contributed by atoms with Crippen molar-refractivity contribution in [3.05, 3.63) is 30.6 Å². The lowest BCUT2D eigenvalue weighted by atomic mass is 10.0. The van der Waals surface area contributed by atoms with Crippen LogP contribution in [0, 0.1) is 5.92 Å². The Bertz CT molecular complexity index is 731. The molecule has 148 valence electrons. The number of thioether (sulfide) groups is 2. The molecule has 4 nitrogen and oxygen atoms in total. The summed E-state index contributed by atoms with van der Waals surface area (Å²) < 4.78 is 7.27. The third-order valence-corrected chi connectivity index (χ3v) is 6.31. The summed E-state index contributed by atoms with van der Waals surface area (Å²) in [6.45, 7) is 4.88. The molecule has 1 aromatic heterocycles. The Balaban J connectivity index is 1.88. The van der Waals surface area contributed by atoms with Crippen molar-refractivity contribution < 1.29 is 9.53 Å². The number of rotatable bonds is 11. The molecule has 2 aromatic rings. The molecule has 0 bridgehead atoms. The number of esters is 1. The third-order valence-electron chi connectivity index (χ3n) is 4.52. The topological polar surface area (TPSA) is 44.1 Å². The van der Waals surface area contributed by atoms with Gasteiger partial charge in [0.05, 0.1) is 19.2 Å². The molecule has 0 aliphatic heterocycles. The highest BCUT2D eigenvalue weighted by molar-refractivity contribution is 7.99. The Morgan fingerprint density at radius 2 is 2.15 bits per heavy atom. The summed E-state index contributed by atoms with van der Waals surface area (Å²) in [7, 11) is 1.93. The number of carbonyl (C=O) groups is 1. The zero-order valence-electron chi connectivity index (χ0n) is 16.7. The number of nitrogens with zero attached hydrogens (tertiary/aromatic N) is 2. The van der Waals surface area contributed by atoms with E-state index in [-0.39, 0.29) is 5.97 Å². The molecule has 27 heavy (non-hydrogen) atoms. The van der Waals surface area contributed by atoms with Gasteiger partial charge in [-0.05, 0) is 42.4 Å². The zero-order chi connectivity index (χ0) is 19.6. The molecule has 6 heteroatoms. The van der Waals surface area contributed by atoms with Crippen LogP contribution in [0.4, 0.5) is 0 Å². The van der Waals surface area contributed by atoms with E-state index >= 15 is 0 Å². The summed E-state index contributed by atoms with van der Waals surface area (Å²) in [6, 6.07) is 6.45. The van der Waals surface area contributed by atoms with E-state index in [0.29, 0.717) is 18.9 Å². The van der Waals surface area contributed by atoms with E-state index in [1.807, 2.05) is 24.1 Å². The summed E-state index contributed by atoms with van der Waals surface area (Å²) >= 11 is 3.43. The number of hydrogen-bond acceptors (Lipinski definition) is 5. The van der Waals surface area contributed by atoms with Gasteiger partial charge >= 0.3 is 5.97 Å². The monoisotopic (exact) mass is 406 g/mol. The molecule has 1 heterocycles. The van der Waals surface area contributed by atoms with Crippen LogP contribution in [0.5, 0.6) is 0 Å². The average molecular weight is 407 g/mol. The molecule has 1 atom stereocenters. The number of carbonyl (C=O) groups excluding carboxylic acids is 1. The minimum atomic E-state index is -0.0923. The van der Waals surface area contributed by atoms with Crippen molar-refractivity contribution in [3.8, 4) is 11.1 Å². The van der Waals surface area contributed by atoms with Crippen LogP contribution in [0.15, 0.2) is 40.4 Å². The van der Waals surface area contributed by atoms with Gasteiger partial charge in [-0.2, -0.15) is 5.10 Å². The minimum Gasteiger partial charge on any atom is -0.465 e. The Labute approximate surface area is 171 Å². The average Bonchev–Trinajstić information content (AvgIpc) is 3.11. The molecule has 0 spiro atoms. The van der Waals surface area contributed by atoms with Gasteiger partial charge in [-0.3, -0.25) is 9.48 Å². The maximum absolute atomic E-state index is 12.0. The van der Waals surface area contributed by atoms with E-state index in [0.717, 1.165) is 35.5 Å². The van der Waals surface area contributed by atoms with Crippen molar-refractivity contribution in [2.45, 2.75) is 49.3 Å². The van der Waals surface area contributed by atoms with Crippen LogP contribution in [0.3, 0.4) is 0 Å². The van der Waals surface area contributed by atoms with E-state index in [1.165, 1.54) is 10.5 Å². The van der Waals surface area contributed by atoms with Gasteiger partial charge < -0.3 is 4.74 Å². The highest BCUT2D eigenvalue weighted by Crippen LogP contribution is 2.34. The van der Waals surface area contributed by atoms with Crippen molar-refractivity contribution in [1.82, 2.24) is 9.78 Å². The van der Waals surface area contributed by atoms with Crippen molar-refractivity contribution in [1.29, 1.82) is 0 Å². The number of aromatic nitrogens is 2. The van der Waals surface area contributed by atoms with Gasteiger partial charge in [0, 0.05) is 34.4 Å². The van der Waals surface area contributed by atoms with Crippen LogP contribution < -0.4 is 0 Å². The number of hydrogen-bond donors (Lipinski definition) is 0. The van der Waals surface area contributed by atoms with Crippen LogP contribution in [0.1, 0.15) is 39.5 Å². The molecule has 0 saturated heterocycles. The van der Waals surface area contributed by atoms with Gasteiger partial charge in [0.2, 0.25) is 0 Å². The summed E-state index contributed by atoms with van der Waals surface area (Å²) in [4.78, 5) is 14.4. The van der Waals surface area contributed by atoms with Crippen molar-refractivity contribution >= 4 is 29.5 Å². The fraction of sp³-hybridized carbons (Fsp3) is 0.524. The quantitative estimate of drug-likeness (QED) is 0.356. The van der Waals surface area contributed by atoms with Gasteiger partial charge in [0.15, 0.2) is 0 Å². The maximum atomic E-state index is 12.0. The molecule has 1 aromatic carbocycles. The first-order valence-electron chi connectivity index (χ1n) is 9.52. The van der Waals surface area contributed by atoms with E-state index in [2.05, 4.69) is 43.4 Å². The molecule has 2 rings (SSSR count). The summed E-state index contributed by atoms with van der Waals surface area (Å²) in [6.07, 6.45) is 9.77. The number of benzene rings is 1. The Kier molecular flexibility index (Phi) is 9.28. The Morgan fingerprint density at radius 3 is 2.78 bits per heavy atom. The van der Waals surface area contributed by atoms with Crippen LogP contribution in [-0.4, -0.2) is 34.4 Å². The first kappa shape index (κ1) is 21.9. The minimum absolute atomic E-state index is 0.0923. The second-order valence-corrected chi connectivity index (χ2v) is 8.63. The fourth-order valence-electron chi connectivity index (χ4n) is 2.91. The van der Waals surface area contributed by atoms with Crippen LogP contribution in [-0.2, 0) is 16.6 Å². The highest BCUT2D eigenvalue weighted by atomic mass is 32.2. The zero-order valence-corrected chi connectivity index (χ0v) is 18.4. The largest absolute Gasteiger partial charge is 0.465 e. The first-order valence-corrected chi connectivity index (χ1v) is 11.7. The Morgan fingerprint density at radius 1 is 1.33 bits per heavy atom. The third kappa shape index (κ3) is 6.92. The summed E-state index contributed by atoms with van der Waals surface area (Å²) in [5, 5.41) is 4.28. The second-order valence-electron chi connectivity index (χ2n) is 6.61. The summed E-state index contributed by atoms with van der Waals surface area (Å²) in [5.41, 5.74) is 2.30. The molecule has 0 N–H and O–H groups in total. The van der Waals surface area contributed by atoms with E-state index in [1.54, 1.807) is 23.5 Å². The molecule has 0 saturated carbocycles. The maximum Gasteiger partial charge on any atom is 0.306 e. The molecule has 0 aliphatic carbocycles. The van der Waals surface area contributed by atoms with Crippen LogP contribution >= 0.6 is 23.5 Å². The lowest BCUT2D eigenvalue weighted by Crippen LogP contribution is -2.14. The Hall–Kier alpha value is -1.40. The van der Waals surface area contributed by atoms with Crippen LogP contribution in [0.2, 0.25) is 0 Å². The molecule has 0 aliphatic rings. The number of ether oxygens (including phenoxy) is 1. The standard InChI is InChI=1S/C21H30N2O2S2/c1-5-7-16(6-2)15-25-21(24)10-11-27-18-8-9-20(26-4)19(12-18)17-13-22-23(3)14-17/h8-9,12-14,16H,5-7,10-11,15H2,1-4H3. The molecule has 0 amide bonds. The van der Waals surface area contributed by atoms with E-state index in [9.17, 15) is 4.79 Å². The molecular weight excluding hydrogens is 376 g/mol. The molecule has 0 radical (unpaired) electrons. The van der Waals surface area contributed by atoms with Crippen molar-refractivity contribution in [2.24, 2.45) is 13.0 Å². The smallest absolute Gasteiger partial charge is 0.306 e. The molecule has 1 unspecified atom stereocenters. The van der Waals surface area contributed by atoms with Gasteiger partial charge in [-0.15, -0.1) is 23.5 Å². The molecular formula is C21H30N2O2S2. The predicted octanol–water partition coefficient (Wildman–Crippen LogP) is 5.66. The SMILES string of the molecule is CCCC(CC)COC(=O)CCSc1ccc(SC)c(-c2cnn(C)c2)c1. The first-order chi connectivity index (χ1) is 13.1. The van der Waals surface area contributed by atoms with E-state index in [4.69, 9.17) is 4.74 Å². The van der Waals surface area contributed by atoms with E-state index < -0.39 is 0 Å². The lowest BCUT2D eigenvalue weighted by molar-refractivity contribution is -0.144.